The van der Waals surface area contributed by atoms with Gasteiger partial charge in [0.2, 0.25) is 11.8 Å². The number of carboxylic acid groups (broad SMARTS) is 1. The molecule has 272 valence electrons. The normalized spacial score (nSPS) is 28.5. The monoisotopic (exact) mass is 702 g/mol. The summed E-state index contributed by atoms with van der Waals surface area (Å²) in [5.74, 6) is 0.437. The van der Waals surface area contributed by atoms with Crippen LogP contribution in [0.25, 0.3) is 16.7 Å². The molecule has 8 atom stereocenters. The highest BCUT2D eigenvalue weighted by Crippen LogP contribution is 2.52. The summed E-state index contributed by atoms with van der Waals surface area (Å²) in [5, 5.41) is 20.7. The Balaban J connectivity index is 1.18. The van der Waals surface area contributed by atoms with Crippen molar-refractivity contribution in [2.45, 2.75) is 96.1 Å². The van der Waals surface area contributed by atoms with Crippen LogP contribution in [-0.2, 0) is 19.1 Å². The lowest BCUT2D eigenvalue weighted by molar-refractivity contribution is -0.146. The number of likely N-dealkylation sites (tertiary alicyclic amines) is 1. The second kappa shape index (κ2) is 13.0. The van der Waals surface area contributed by atoms with Crippen LogP contribution in [0, 0.1) is 23.2 Å². The molecule has 0 radical (unpaired) electrons. The fourth-order valence-electron chi connectivity index (χ4n) is 7.93. The van der Waals surface area contributed by atoms with Crippen LogP contribution in [0.5, 0.6) is 11.5 Å². The minimum atomic E-state index is -1.38. The number of nitrogens with zero attached hydrogens (tertiary/aromatic N) is 4. The van der Waals surface area contributed by atoms with Gasteiger partial charge < -0.3 is 34.9 Å². The Bertz CT molecular complexity index is 1830. The quantitative estimate of drug-likeness (QED) is 0.264. The first kappa shape index (κ1) is 34.6. The van der Waals surface area contributed by atoms with Crippen LogP contribution in [0.4, 0.5) is 4.79 Å². The lowest BCUT2D eigenvalue weighted by Crippen LogP contribution is -2.59. The SMILES string of the molecule is CC[C@@H]1C[C@]1(NC(=O)[C@@H]1C[C@@H](Oc2cc(-n3cccn3)nc3cc(OC)ccc23)CN1C(=O)C(NC(=O)O[C@H]1C[C@@H]2C[C@@H]2C1)C(C)(C)C)C(=O)O. The van der Waals surface area contributed by atoms with E-state index in [9.17, 15) is 24.3 Å². The number of carbonyl (C=O) groups excluding carboxylic acids is 3. The first-order valence-corrected chi connectivity index (χ1v) is 17.8. The smallest absolute Gasteiger partial charge is 0.408 e. The average Bonchev–Trinajstić information content (AvgIpc) is 3.70. The molecule has 3 heterocycles. The summed E-state index contributed by atoms with van der Waals surface area (Å²) in [4.78, 5) is 60.3. The first-order chi connectivity index (χ1) is 24.3. The van der Waals surface area contributed by atoms with E-state index >= 15 is 0 Å². The lowest BCUT2D eigenvalue weighted by Gasteiger charge is -2.35. The highest BCUT2D eigenvalue weighted by Gasteiger charge is 2.61. The summed E-state index contributed by atoms with van der Waals surface area (Å²) in [6.07, 6.45) is 5.74. The maximum atomic E-state index is 14.5. The van der Waals surface area contributed by atoms with Gasteiger partial charge in [-0.2, -0.15) is 5.10 Å². The third-order valence-electron chi connectivity index (χ3n) is 11.0. The molecule has 1 unspecified atom stereocenters. The van der Waals surface area contributed by atoms with Crippen molar-refractivity contribution in [1.29, 1.82) is 0 Å². The van der Waals surface area contributed by atoms with Gasteiger partial charge in [0, 0.05) is 36.3 Å². The lowest BCUT2D eigenvalue weighted by atomic mass is 9.85. The molecule has 4 aliphatic rings. The Morgan fingerprint density at radius 1 is 1.08 bits per heavy atom. The predicted octanol–water partition coefficient (Wildman–Crippen LogP) is 4.09. The molecular formula is C37H46N6O8. The Labute approximate surface area is 296 Å². The number of ether oxygens (including phenoxy) is 3. The van der Waals surface area contributed by atoms with Crippen LogP contribution in [0.15, 0.2) is 42.7 Å². The molecule has 14 heteroatoms. The van der Waals surface area contributed by atoms with Gasteiger partial charge in [-0.05, 0) is 67.1 Å². The number of hydrogen-bond donors (Lipinski definition) is 3. The third-order valence-corrected chi connectivity index (χ3v) is 11.0. The van der Waals surface area contributed by atoms with E-state index in [1.54, 1.807) is 48.5 Å². The van der Waals surface area contributed by atoms with Crippen molar-refractivity contribution in [3.05, 3.63) is 42.7 Å². The van der Waals surface area contributed by atoms with Crippen molar-refractivity contribution in [1.82, 2.24) is 30.3 Å². The first-order valence-electron chi connectivity index (χ1n) is 17.8. The number of carbonyl (C=O) groups is 4. The van der Waals surface area contributed by atoms with E-state index in [4.69, 9.17) is 19.2 Å². The number of pyridine rings is 1. The Hall–Kier alpha value is -4.88. The second-order valence-corrected chi connectivity index (χ2v) is 15.6. The maximum absolute atomic E-state index is 14.5. The van der Waals surface area contributed by atoms with Gasteiger partial charge in [-0.3, -0.25) is 9.59 Å². The highest BCUT2D eigenvalue weighted by molar-refractivity contribution is 5.96. The van der Waals surface area contributed by atoms with Crippen molar-refractivity contribution >= 4 is 34.8 Å². The van der Waals surface area contributed by atoms with Gasteiger partial charge >= 0.3 is 12.1 Å². The molecule has 1 saturated heterocycles. The van der Waals surface area contributed by atoms with Crippen molar-refractivity contribution < 1.29 is 38.5 Å². The molecule has 0 spiro atoms. The topological polar surface area (TPSA) is 174 Å². The van der Waals surface area contributed by atoms with Crippen LogP contribution >= 0.6 is 0 Å². The van der Waals surface area contributed by atoms with E-state index in [0.29, 0.717) is 52.9 Å². The van der Waals surface area contributed by atoms with E-state index in [0.717, 1.165) is 12.8 Å². The fourth-order valence-corrected chi connectivity index (χ4v) is 7.93. The molecule has 7 rings (SSSR count). The van der Waals surface area contributed by atoms with E-state index in [2.05, 4.69) is 15.7 Å². The molecule has 3 amide bonds. The number of amides is 3. The van der Waals surface area contributed by atoms with E-state index in [-0.39, 0.29) is 25.0 Å². The number of fused-ring (bicyclic) bond motifs is 2. The molecule has 1 aromatic carbocycles. The summed E-state index contributed by atoms with van der Waals surface area (Å²) in [5.41, 5.74) is -1.54. The maximum Gasteiger partial charge on any atom is 0.408 e. The fraction of sp³-hybridized carbons (Fsp3) is 0.568. The summed E-state index contributed by atoms with van der Waals surface area (Å²) < 4.78 is 19.4. The molecule has 1 aliphatic heterocycles. The average molecular weight is 703 g/mol. The summed E-state index contributed by atoms with van der Waals surface area (Å²) >= 11 is 0. The molecular weight excluding hydrogens is 656 g/mol. The van der Waals surface area contributed by atoms with Crippen LogP contribution in [-0.4, -0.2) is 92.1 Å². The Morgan fingerprint density at radius 3 is 2.47 bits per heavy atom. The predicted molar refractivity (Wildman–Crippen MR) is 184 cm³/mol. The summed E-state index contributed by atoms with van der Waals surface area (Å²) in [7, 11) is 1.57. The molecule has 3 aromatic rings. The number of alkyl carbamates (subject to hydrolysis) is 1. The molecule has 3 N–H and O–H groups in total. The zero-order valence-electron chi connectivity index (χ0n) is 29.6. The Kier molecular flexibility index (Phi) is 8.83. The van der Waals surface area contributed by atoms with Crippen molar-refractivity contribution in [3.8, 4) is 17.3 Å². The zero-order chi connectivity index (χ0) is 36.2. The minimum absolute atomic E-state index is 0.0144. The second-order valence-electron chi connectivity index (χ2n) is 15.6. The van der Waals surface area contributed by atoms with Gasteiger partial charge in [0.15, 0.2) is 5.82 Å². The number of aliphatic carboxylic acids is 1. The van der Waals surface area contributed by atoms with E-state index < -0.39 is 53.0 Å². The molecule has 3 aliphatic carbocycles. The largest absolute Gasteiger partial charge is 0.497 e. The van der Waals surface area contributed by atoms with Crippen LogP contribution in [0.1, 0.15) is 66.2 Å². The van der Waals surface area contributed by atoms with Crippen molar-refractivity contribution in [2.75, 3.05) is 13.7 Å². The van der Waals surface area contributed by atoms with Gasteiger partial charge in [-0.1, -0.05) is 34.1 Å². The molecule has 51 heavy (non-hydrogen) atoms. The number of hydrogen-bond acceptors (Lipinski definition) is 9. The van der Waals surface area contributed by atoms with Crippen LogP contribution < -0.4 is 20.1 Å². The zero-order valence-corrected chi connectivity index (χ0v) is 29.6. The number of benzene rings is 1. The standard InChI is InChI=1S/C37H46N6O8/c1-6-22-18-37(22,34(46)47)41-32(44)28-16-25(50-29-17-30(43-11-7-10-38-43)39-27-15-23(49-5)8-9-26(27)29)19-42(28)33(45)31(36(2,3)4)40-35(48)51-24-13-20-12-21(20)14-24/h7-11,15,17,20-22,24-25,28,31H,6,12-14,16,18-19H2,1-5H3,(H,40,48)(H,41,44)(H,46,47)/t20-,21+,22-,24-,25-,28+,31?,37-/m1/s1. The highest BCUT2D eigenvalue weighted by atomic mass is 16.6. The molecule has 4 fully saturated rings. The molecule has 0 bridgehead atoms. The molecule has 14 nitrogen and oxygen atoms in total. The van der Waals surface area contributed by atoms with Crippen LogP contribution in [0.2, 0.25) is 0 Å². The summed E-state index contributed by atoms with van der Waals surface area (Å²) in [6, 6.07) is 6.85. The number of carboxylic acids is 1. The van der Waals surface area contributed by atoms with E-state index in [1.807, 2.05) is 33.8 Å². The number of aromatic nitrogens is 3. The van der Waals surface area contributed by atoms with Crippen molar-refractivity contribution in [3.63, 3.8) is 0 Å². The van der Waals surface area contributed by atoms with Gasteiger partial charge in [0.25, 0.3) is 0 Å². The van der Waals surface area contributed by atoms with Gasteiger partial charge in [-0.25, -0.2) is 19.3 Å². The van der Waals surface area contributed by atoms with Crippen molar-refractivity contribution in [2.24, 2.45) is 23.2 Å². The summed E-state index contributed by atoms with van der Waals surface area (Å²) in [6.45, 7) is 7.41. The van der Waals surface area contributed by atoms with Gasteiger partial charge in [-0.15, -0.1) is 0 Å². The van der Waals surface area contributed by atoms with Crippen LogP contribution in [0.3, 0.4) is 0 Å². The molecule has 2 aromatic heterocycles. The number of nitrogens with one attached hydrogen (secondary N) is 2. The number of rotatable bonds is 11. The minimum Gasteiger partial charge on any atom is -0.497 e. The van der Waals surface area contributed by atoms with Gasteiger partial charge in [0.05, 0.1) is 19.2 Å². The third kappa shape index (κ3) is 6.79. The Morgan fingerprint density at radius 2 is 1.84 bits per heavy atom. The van der Waals surface area contributed by atoms with Gasteiger partial charge in [0.1, 0.15) is 41.3 Å². The molecule has 3 saturated carbocycles. The number of methoxy groups -OCH3 is 1. The van der Waals surface area contributed by atoms with E-state index in [1.165, 1.54) is 11.3 Å².